The summed E-state index contributed by atoms with van der Waals surface area (Å²) in [6, 6.07) is 17.7. The Balaban J connectivity index is 2.04. The average molecular weight is 223 g/mol. The number of imidazole rings is 1. The molecule has 0 fully saturated rings. The van der Waals surface area contributed by atoms with Crippen molar-refractivity contribution in [3.8, 4) is 0 Å². The molecule has 0 saturated heterocycles. The fourth-order valence-electron chi connectivity index (χ4n) is 1.94. The molecule has 0 aliphatic heterocycles. The van der Waals surface area contributed by atoms with Crippen LogP contribution < -0.4 is 5.73 Å². The molecule has 0 saturated carbocycles. The Morgan fingerprint density at radius 1 is 0.941 bits per heavy atom. The highest BCUT2D eigenvalue weighted by Crippen LogP contribution is 2.19. The summed E-state index contributed by atoms with van der Waals surface area (Å²) < 4.78 is 0. The van der Waals surface area contributed by atoms with Gasteiger partial charge in [-0.2, -0.15) is 0 Å². The third-order valence-corrected chi connectivity index (χ3v) is 2.86. The molecule has 0 unspecified atom stereocenters. The number of nitrogens with two attached hydrogens (primary N) is 1. The molecule has 3 aromatic rings. The minimum Gasteiger partial charge on any atom is -0.340 e. The van der Waals surface area contributed by atoms with Gasteiger partial charge in [-0.15, -0.1) is 0 Å². The van der Waals surface area contributed by atoms with E-state index >= 15 is 0 Å². The van der Waals surface area contributed by atoms with Crippen LogP contribution in [0.5, 0.6) is 0 Å². The van der Waals surface area contributed by atoms with Crippen LogP contribution in [-0.2, 0) is 0 Å². The summed E-state index contributed by atoms with van der Waals surface area (Å²) in [4.78, 5) is 7.77. The SMILES string of the molecule is N[C@@H](c1ccccc1)c1nc2ccccc2[nH]1. The maximum absolute atomic E-state index is 6.19. The number of hydrogen-bond donors (Lipinski definition) is 2. The first-order valence-electron chi connectivity index (χ1n) is 5.60. The van der Waals surface area contributed by atoms with Gasteiger partial charge in [0, 0.05) is 0 Å². The van der Waals surface area contributed by atoms with Gasteiger partial charge in [0.15, 0.2) is 0 Å². The summed E-state index contributed by atoms with van der Waals surface area (Å²) >= 11 is 0. The van der Waals surface area contributed by atoms with Crippen molar-refractivity contribution < 1.29 is 0 Å². The van der Waals surface area contributed by atoms with Gasteiger partial charge < -0.3 is 10.7 Å². The molecule has 1 atom stereocenters. The number of fused-ring (bicyclic) bond motifs is 1. The van der Waals surface area contributed by atoms with Gasteiger partial charge in [-0.05, 0) is 17.7 Å². The molecular formula is C14H13N3. The van der Waals surface area contributed by atoms with Gasteiger partial charge in [0.2, 0.25) is 0 Å². The molecule has 1 aromatic heterocycles. The summed E-state index contributed by atoms with van der Waals surface area (Å²) in [5.41, 5.74) is 9.22. The number of aromatic nitrogens is 2. The number of para-hydroxylation sites is 2. The van der Waals surface area contributed by atoms with Crippen LogP contribution in [0.3, 0.4) is 0 Å². The quantitative estimate of drug-likeness (QED) is 0.701. The normalized spacial score (nSPS) is 12.8. The predicted molar refractivity (Wildman–Crippen MR) is 68.6 cm³/mol. The smallest absolute Gasteiger partial charge is 0.128 e. The van der Waals surface area contributed by atoms with Crippen LogP contribution in [0.2, 0.25) is 0 Å². The second kappa shape index (κ2) is 4.03. The number of nitrogens with one attached hydrogen (secondary N) is 1. The molecule has 2 aromatic carbocycles. The van der Waals surface area contributed by atoms with Crippen LogP contribution >= 0.6 is 0 Å². The van der Waals surface area contributed by atoms with Gasteiger partial charge in [-0.25, -0.2) is 4.98 Å². The highest BCUT2D eigenvalue weighted by molar-refractivity contribution is 5.74. The number of benzene rings is 2. The average Bonchev–Trinajstić information content (AvgIpc) is 2.82. The highest BCUT2D eigenvalue weighted by atomic mass is 15.0. The number of rotatable bonds is 2. The Hall–Kier alpha value is -2.13. The fraction of sp³-hybridized carbons (Fsp3) is 0.0714. The molecule has 3 nitrogen and oxygen atoms in total. The van der Waals surface area contributed by atoms with Crippen molar-refractivity contribution in [3.63, 3.8) is 0 Å². The Bertz CT molecular complexity index is 595. The number of aromatic amines is 1. The van der Waals surface area contributed by atoms with Gasteiger partial charge in [0.25, 0.3) is 0 Å². The zero-order valence-electron chi connectivity index (χ0n) is 9.30. The molecular weight excluding hydrogens is 210 g/mol. The van der Waals surface area contributed by atoms with E-state index in [4.69, 9.17) is 5.73 Å². The van der Waals surface area contributed by atoms with Crippen LogP contribution in [-0.4, -0.2) is 9.97 Å². The summed E-state index contributed by atoms with van der Waals surface area (Å²) in [6.07, 6.45) is 0. The van der Waals surface area contributed by atoms with Crippen LogP contribution in [0.25, 0.3) is 11.0 Å². The Morgan fingerprint density at radius 2 is 1.65 bits per heavy atom. The zero-order valence-corrected chi connectivity index (χ0v) is 9.30. The van der Waals surface area contributed by atoms with Crippen molar-refractivity contribution in [1.29, 1.82) is 0 Å². The molecule has 1 heterocycles. The lowest BCUT2D eigenvalue weighted by Gasteiger charge is -2.08. The van der Waals surface area contributed by atoms with Crippen LogP contribution in [0.15, 0.2) is 54.6 Å². The van der Waals surface area contributed by atoms with E-state index in [0.717, 1.165) is 22.4 Å². The summed E-state index contributed by atoms with van der Waals surface area (Å²) in [5, 5.41) is 0. The maximum atomic E-state index is 6.19. The third-order valence-electron chi connectivity index (χ3n) is 2.86. The molecule has 0 amide bonds. The van der Waals surface area contributed by atoms with Gasteiger partial charge in [0.05, 0.1) is 17.1 Å². The first-order chi connectivity index (χ1) is 8.34. The van der Waals surface area contributed by atoms with E-state index in [1.165, 1.54) is 0 Å². The van der Waals surface area contributed by atoms with Crippen molar-refractivity contribution in [1.82, 2.24) is 9.97 Å². The van der Waals surface area contributed by atoms with Crippen molar-refractivity contribution in [2.24, 2.45) is 5.73 Å². The Labute approximate surface area is 99.3 Å². The van der Waals surface area contributed by atoms with E-state index in [0.29, 0.717) is 0 Å². The summed E-state index contributed by atoms with van der Waals surface area (Å²) in [5.74, 6) is 0.803. The van der Waals surface area contributed by atoms with Crippen molar-refractivity contribution in [2.75, 3.05) is 0 Å². The van der Waals surface area contributed by atoms with Gasteiger partial charge in [0.1, 0.15) is 5.82 Å². The second-order valence-electron chi connectivity index (χ2n) is 4.03. The van der Waals surface area contributed by atoms with Crippen molar-refractivity contribution in [2.45, 2.75) is 6.04 Å². The Morgan fingerprint density at radius 3 is 2.41 bits per heavy atom. The zero-order chi connectivity index (χ0) is 11.7. The highest BCUT2D eigenvalue weighted by Gasteiger charge is 2.12. The van der Waals surface area contributed by atoms with E-state index in [1.807, 2.05) is 54.6 Å². The van der Waals surface area contributed by atoms with Crippen molar-refractivity contribution in [3.05, 3.63) is 66.0 Å². The fourth-order valence-corrected chi connectivity index (χ4v) is 1.94. The molecule has 17 heavy (non-hydrogen) atoms. The number of nitrogens with zero attached hydrogens (tertiary/aromatic N) is 1. The van der Waals surface area contributed by atoms with Crippen LogP contribution in [0.4, 0.5) is 0 Å². The topological polar surface area (TPSA) is 54.7 Å². The van der Waals surface area contributed by atoms with E-state index in [9.17, 15) is 0 Å². The van der Waals surface area contributed by atoms with E-state index in [-0.39, 0.29) is 6.04 Å². The molecule has 84 valence electrons. The number of hydrogen-bond acceptors (Lipinski definition) is 2. The summed E-state index contributed by atoms with van der Waals surface area (Å²) in [6.45, 7) is 0. The third kappa shape index (κ3) is 1.81. The second-order valence-corrected chi connectivity index (χ2v) is 4.03. The first kappa shape index (κ1) is 10.1. The van der Waals surface area contributed by atoms with Gasteiger partial charge in [-0.1, -0.05) is 42.5 Å². The lowest BCUT2D eigenvalue weighted by Crippen LogP contribution is -2.13. The lowest BCUT2D eigenvalue weighted by molar-refractivity contribution is 0.806. The lowest BCUT2D eigenvalue weighted by atomic mass is 10.1. The van der Waals surface area contributed by atoms with Crippen molar-refractivity contribution >= 4 is 11.0 Å². The van der Waals surface area contributed by atoms with E-state index in [2.05, 4.69) is 9.97 Å². The Kier molecular flexibility index (Phi) is 2.38. The molecule has 3 N–H and O–H groups in total. The molecule has 0 radical (unpaired) electrons. The standard InChI is InChI=1S/C14H13N3/c15-13(10-6-2-1-3-7-10)14-16-11-8-4-5-9-12(11)17-14/h1-9,13H,15H2,(H,16,17)/t13-/m0/s1. The molecule has 0 bridgehead atoms. The van der Waals surface area contributed by atoms with Crippen LogP contribution in [0.1, 0.15) is 17.4 Å². The minimum atomic E-state index is -0.205. The predicted octanol–water partition coefficient (Wildman–Crippen LogP) is 2.61. The molecule has 0 spiro atoms. The first-order valence-corrected chi connectivity index (χ1v) is 5.60. The maximum Gasteiger partial charge on any atom is 0.128 e. The number of H-pyrrole nitrogens is 1. The minimum absolute atomic E-state index is 0.205. The molecule has 0 aliphatic rings. The monoisotopic (exact) mass is 223 g/mol. The summed E-state index contributed by atoms with van der Waals surface area (Å²) in [7, 11) is 0. The molecule has 3 rings (SSSR count). The van der Waals surface area contributed by atoms with E-state index in [1.54, 1.807) is 0 Å². The van der Waals surface area contributed by atoms with Crippen LogP contribution in [0, 0.1) is 0 Å². The largest absolute Gasteiger partial charge is 0.340 e. The molecule has 3 heteroatoms. The van der Waals surface area contributed by atoms with E-state index < -0.39 is 0 Å². The van der Waals surface area contributed by atoms with Gasteiger partial charge >= 0.3 is 0 Å². The van der Waals surface area contributed by atoms with Gasteiger partial charge in [-0.3, -0.25) is 0 Å². The molecule has 0 aliphatic carbocycles.